The molecule has 2 aromatic carbocycles. The number of benzene rings is 2. The van der Waals surface area contributed by atoms with Gasteiger partial charge in [0.25, 0.3) is 5.56 Å². The molecule has 2 saturated carbocycles. The zero-order valence-electron chi connectivity index (χ0n) is 22.8. The molecule has 0 unspecified atom stereocenters. The van der Waals surface area contributed by atoms with E-state index in [-0.39, 0.29) is 28.5 Å². The maximum absolute atomic E-state index is 14.3. The van der Waals surface area contributed by atoms with Gasteiger partial charge < -0.3 is 0 Å². The second kappa shape index (κ2) is 10.2. The van der Waals surface area contributed by atoms with Crippen molar-refractivity contribution in [1.82, 2.24) is 19.0 Å². The van der Waals surface area contributed by atoms with Gasteiger partial charge in [-0.3, -0.25) is 19.1 Å². The molecule has 206 valence electrons. The predicted octanol–water partition coefficient (Wildman–Crippen LogP) is 5.14. The first kappa shape index (κ1) is 26.3. The molecule has 2 fully saturated rings. The van der Waals surface area contributed by atoms with E-state index < -0.39 is 17.1 Å². The van der Waals surface area contributed by atoms with E-state index in [4.69, 9.17) is 0 Å². The van der Waals surface area contributed by atoms with Crippen LogP contribution in [0, 0.1) is 11.7 Å². The van der Waals surface area contributed by atoms with Gasteiger partial charge in [0.2, 0.25) is 0 Å². The Labute approximate surface area is 231 Å². The largest absolute Gasteiger partial charge is 0.337 e. The van der Waals surface area contributed by atoms with Crippen molar-refractivity contribution in [3.63, 3.8) is 0 Å². The summed E-state index contributed by atoms with van der Waals surface area (Å²) in [6, 6.07) is 18.2. The second-order valence-corrected chi connectivity index (χ2v) is 11.5. The van der Waals surface area contributed by atoms with E-state index >= 15 is 0 Å². The summed E-state index contributed by atoms with van der Waals surface area (Å²) < 4.78 is 17.0. The number of rotatable bonds is 7. The fourth-order valence-corrected chi connectivity index (χ4v) is 6.35. The number of hydrogen-bond acceptors (Lipinski definition) is 5. The van der Waals surface area contributed by atoms with Crippen molar-refractivity contribution in [2.24, 2.45) is 5.92 Å². The number of hydrogen-bond donors (Lipinski definition) is 0. The van der Waals surface area contributed by atoms with Gasteiger partial charge in [0.15, 0.2) is 11.4 Å². The molecule has 2 aliphatic carbocycles. The molecule has 0 spiro atoms. The number of pyridine rings is 1. The lowest BCUT2D eigenvalue weighted by atomic mass is 9.81. The molecule has 7 nitrogen and oxygen atoms in total. The number of fused-ring (bicyclic) bond motifs is 1. The minimum Gasteiger partial charge on any atom is -0.298 e. The number of likely N-dealkylation sites (N-methyl/N-ethyl adjacent to an activating group) is 1. The average molecular weight is 541 g/mol. The monoisotopic (exact) mass is 540 g/mol. The minimum absolute atomic E-state index is 0.0728. The average Bonchev–Trinajstić information content (AvgIpc) is 3.78. The SMILES string of the molecule is CN(C)C1(C(=O)CC2CCC(n3c(=O)c4cc(F)cnc4n(-c4cccc(-c5ccccc5)c4)c3=O)CC2)CC1. The standard InChI is InChI=1S/C32H33FN4O3/c1-35(2)32(15-16-32)28(38)17-21-11-13-25(14-12-21)37-30(39)27-19-24(33)20-34-29(27)36(31(37)40)26-10-6-9-23(18-26)22-7-4-3-5-8-22/h3-10,18-21,25H,11-17H2,1-2H3. The van der Waals surface area contributed by atoms with Gasteiger partial charge in [-0.05, 0) is 87.9 Å². The van der Waals surface area contributed by atoms with Crippen LogP contribution in [0.5, 0.6) is 0 Å². The van der Waals surface area contributed by atoms with Crippen LogP contribution in [0.3, 0.4) is 0 Å². The van der Waals surface area contributed by atoms with Gasteiger partial charge in [-0.25, -0.2) is 18.7 Å². The van der Waals surface area contributed by atoms with Crippen molar-refractivity contribution in [2.45, 2.75) is 56.5 Å². The summed E-state index contributed by atoms with van der Waals surface area (Å²) in [6.45, 7) is 0. The number of Topliss-reactive ketones (excluding diaryl/α,β-unsaturated/α-hetero) is 1. The Balaban J connectivity index is 1.36. The van der Waals surface area contributed by atoms with Crippen LogP contribution < -0.4 is 11.2 Å². The lowest BCUT2D eigenvalue weighted by Gasteiger charge is -2.31. The lowest BCUT2D eigenvalue weighted by molar-refractivity contribution is -0.126. The first-order chi connectivity index (χ1) is 19.3. The molecule has 0 bridgehead atoms. The van der Waals surface area contributed by atoms with Crippen LogP contribution in [0.4, 0.5) is 4.39 Å². The molecular weight excluding hydrogens is 507 g/mol. The van der Waals surface area contributed by atoms with Gasteiger partial charge in [-0.2, -0.15) is 0 Å². The quantitative estimate of drug-likeness (QED) is 0.325. The highest BCUT2D eigenvalue weighted by molar-refractivity contribution is 5.91. The van der Waals surface area contributed by atoms with Crippen LogP contribution in [0.25, 0.3) is 27.8 Å². The predicted molar refractivity (Wildman–Crippen MR) is 153 cm³/mol. The zero-order chi connectivity index (χ0) is 28.0. The summed E-state index contributed by atoms with van der Waals surface area (Å²) in [7, 11) is 3.93. The molecule has 0 aliphatic heterocycles. The fraction of sp³-hybridized carbons (Fsp3) is 0.375. The minimum atomic E-state index is -0.628. The van der Waals surface area contributed by atoms with Gasteiger partial charge in [0, 0.05) is 12.5 Å². The van der Waals surface area contributed by atoms with Crippen molar-refractivity contribution >= 4 is 16.8 Å². The van der Waals surface area contributed by atoms with Crippen LogP contribution in [0.2, 0.25) is 0 Å². The lowest BCUT2D eigenvalue weighted by Crippen LogP contribution is -2.43. The number of carbonyl (C=O) groups is 1. The summed E-state index contributed by atoms with van der Waals surface area (Å²) in [5.74, 6) is -0.0937. The third-order valence-electron chi connectivity index (χ3n) is 8.86. The summed E-state index contributed by atoms with van der Waals surface area (Å²) in [5.41, 5.74) is 1.29. The molecule has 2 aliphatic rings. The number of nitrogens with zero attached hydrogens (tertiary/aromatic N) is 4. The van der Waals surface area contributed by atoms with E-state index in [1.807, 2.05) is 67.5 Å². The third-order valence-corrected chi connectivity index (χ3v) is 8.86. The Kier molecular flexibility index (Phi) is 6.74. The van der Waals surface area contributed by atoms with Gasteiger partial charge in [0.05, 0.1) is 22.8 Å². The number of aromatic nitrogens is 3. The molecule has 0 N–H and O–H groups in total. The Morgan fingerprint density at radius 3 is 2.35 bits per heavy atom. The summed E-state index contributed by atoms with van der Waals surface area (Å²) in [5, 5.41) is 0.0728. The van der Waals surface area contributed by atoms with Crippen LogP contribution in [-0.4, -0.2) is 44.4 Å². The van der Waals surface area contributed by atoms with E-state index in [0.717, 1.165) is 43.0 Å². The van der Waals surface area contributed by atoms with E-state index in [1.165, 1.54) is 15.2 Å². The van der Waals surface area contributed by atoms with Crippen LogP contribution in [0.15, 0.2) is 76.4 Å². The fourth-order valence-electron chi connectivity index (χ4n) is 6.35. The molecule has 0 atom stereocenters. The Hall–Kier alpha value is -3.91. The highest BCUT2D eigenvalue weighted by atomic mass is 19.1. The maximum Gasteiger partial charge on any atom is 0.337 e. The molecule has 2 heterocycles. The highest BCUT2D eigenvalue weighted by Gasteiger charge is 2.51. The van der Waals surface area contributed by atoms with Gasteiger partial charge in [-0.15, -0.1) is 0 Å². The van der Waals surface area contributed by atoms with E-state index in [0.29, 0.717) is 30.7 Å². The molecule has 0 radical (unpaired) electrons. The van der Waals surface area contributed by atoms with Crippen LogP contribution in [-0.2, 0) is 4.79 Å². The summed E-state index contributed by atoms with van der Waals surface area (Å²) >= 11 is 0. The molecule has 0 saturated heterocycles. The van der Waals surface area contributed by atoms with Crippen LogP contribution >= 0.6 is 0 Å². The smallest absolute Gasteiger partial charge is 0.298 e. The van der Waals surface area contributed by atoms with Gasteiger partial charge in [-0.1, -0.05) is 42.5 Å². The molecule has 40 heavy (non-hydrogen) atoms. The van der Waals surface area contributed by atoms with E-state index in [2.05, 4.69) is 4.98 Å². The topological polar surface area (TPSA) is 77.2 Å². The first-order valence-electron chi connectivity index (χ1n) is 14.0. The van der Waals surface area contributed by atoms with E-state index in [9.17, 15) is 18.8 Å². The third kappa shape index (κ3) is 4.60. The molecule has 8 heteroatoms. The normalized spacial score (nSPS) is 20.1. The molecular formula is C32H33FN4O3. The van der Waals surface area contributed by atoms with Crippen molar-refractivity contribution in [2.75, 3.05) is 14.1 Å². The Morgan fingerprint density at radius 2 is 1.68 bits per heavy atom. The molecule has 0 amide bonds. The van der Waals surface area contributed by atoms with Gasteiger partial charge >= 0.3 is 5.69 Å². The number of carbonyl (C=O) groups excluding carboxylic acids is 1. The van der Waals surface area contributed by atoms with Crippen molar-refractivity contribution in [3.8, 4) is 16.8 Å². The second-order valence-electron chi connectivity index (χ2n) is 11.5. The van der Waals surface area contributed by atoms with Crippen LogP contribution in [0.1, 0.15) is 51.0 Å². The van der Waals surface area contributed by atoms with E-state index in [1.54, 1.807) is 6.07 Å². The Bertz CT molecular complexity index is 1700. The molecule has 4 aromatic rings. The molecule has 6 rings (SSSR count). The number of halogens is 1. The first-order valence-corrected chi connectivity index (χ1v) is 14.0. The van der Waals surface area contributed by atoms with Gasteiger partial charge in [0.1, 0.15) is 5.82 Å². The van der Waals surface area contributed by atoms with Crippen molar-refractivity contribution < 1.29 is 9.18 Å². The van der Waals surface area contributed by atoms with Crippen molar-refractivity contribution in [1.29, 1.82) is 0 Å². The number of ketones is 1. The zero-order valence-corrected chi connectivity index (χ0v) is 22.8. The molecule has 2 aromatic heterocycles. The highest BCUT2D eigenvalue weighted by Crippen LogP contribution is 2.44. The Morgan fingerprint density at radius 1 is 0.975 bits per heavy atom. The van der Waals surface area contributed by atoms with Crippen molar-refractivity contribution in [3.05, 3.63) is 93.5 Å². The summed E-state index contributed by atoms with van der Waals surface area (Å²) in [6.07, 6.45) is 6.13. The maximum atomic E-state index is 14.3. The summed E-state index contributed by atoms with van der Waals surface area (Å²) in [4.78, 5) is 46.9.